The summed E-state index contributed by atoms with van der Waals surface area (Å²) in [5.41, 5.74) is 1.14. The lowest BCUT2D eigenvalue weighted by Crippen LogP contribution is -2.36. The number of nitrogens with zero attached hydrogens (tertiary/aromatic N) is 2. The number of carbonyl (C=O) groups is 2. The lowest BCUT2D eigenvalue weighted by Gasteiger charge is -2.20. The maximum Gasteiger partial charge on any atom is 0.332 e. The van der Waals surface area contributed by atoms with Crippen molar-refractivity contribution in [1.29, 1.82) is 0 Å². The molecule has 0 radical (unpaired) electrons. The van der Waals surface area contributed by atoms with Crippen LogP contribution in [0, 0.1) is 0 Å². The molecule has 1 N–H and O–H groups in total. The molecule has 2 fully saturated rings. The van der Waals surface area contributed by atoms with Crippen LogP contribution in [0.15, 0.2) is 46.9 Å². The third kappa shape index (κ3) is 2.81. The van der Waals surface area contributed by atoms with E-state index >= 15 is 0 Å². The zero-order valence-electron chi connectivity index (χ0n) is 13.3. The van der Waals surface area contributed by atoms with Crippen LogP contribution in [0.3, 0.4) is 0 Å². The molecule has 4 rings (SSSR count). The van der Waals surface area contributed by atoms with Gasteiger partial charge in [-0.05, 0) is 35.9 Å². The number of aliphatic hydroxyl groups excluding tert-OH is 1. The van der Waals surface area contributed by atoms with Crippen LogP contribution in [0.5, 0.6) is 0 Å². The standard InChI is InChI=1S/C18H13BrCl2N2O3/c19-10-3-1-9(2-4-10)15-14(24)8-22-16(15)17(25)23(18(22)26)13-6-11(20)5-12(21)7-13/h1-7,14-16,24H,8H2. The molecule has 0 saturated carbocycles. The van der Waals surface area contributed by atoms with Crippen molar-refractivity contribution in [3.05, 3.63) is 62.5 Å². The number of aliphatic hydroxyl groups is 1. The number of imide groups is 1. The normalized spacial score (nSPS) is 25.2. The lowest BCUT2D eigenvalue weighted by atomic mass is 9.89. The van der Waals surface area contributed by atoms with Gasteiger partial charge in [-0.1, -0.05) is 51.3 Å². The quantitative estimate of drug-likeness (QED) is 0.695. The van der Waals surface area contributed by atoms with Gasteiger partial charge in [0.25, 0.3) is 5.91 Å². The molecule has 2 aliphatic rings. The molecule has 2 saturated heterocycles. The molecule has 3 amide bonds. The predicted octanol–water partition coefficient (Wildman–Crippen LogP) is 4.05. The number of urea groups is 1. The van der Waals surface area contributed by atoms with Crippen molar-refractivity contribution in [3.63, 3.8) is 0 Å². The Balaban J connectivity index is 1.73. The van der Waals surface area contributed by atoms with Crippen LogP contribution in [0.25, 0.3) is 0 Å². The van der Waals surface area contributed by atoms with E-state index in [1.54, 1.807) is 0 Å². The summed E-state index contributed by atoms with van der Waals surface area (Å²) in [6.07, 6.45) is -0.806. The zero-order valence-corrected chi connectivity index (χ0v) is 16.4. The Kier molecular flexibility index (Phi) is 4.47. The number of hydrogen-bond acceptors (Lipinski definition) is 3. The van der Waals surface area contributed by atoms with E-state index in [0.29, 0.717) is 15.7 Å². The third-order valence-corrected chi connectivity index (χ3v) is 5.71. The molecule has 2 aromatic carbocycles. The number of amides is 3. The minimum atomic E-state index is -0.806. The van der Waals surface area contributed by atoms with E-state index < -0.39 is 30.0 Å². The van der Waals surface area contributed by atoms with Crippen LogP contribution in [0.2, 0.25) is 10.0 Å². The monoisotopic (exact) mass is 454 g/mol. The van der Waals surface area contributed by atoms with Crippen molar-refractivity contribution in [3.8, 4) is 0 Å². The Morgan fingerprint density at radius 1 is 1.04 bits per heavy atom. The Bertz CT molecular complexity index is 886. The van der Waals surface area contributed by atoms with Crippen LogP contribution in [0.4, 0.5) is 10.5 Å². The van der Waals surface area contributed by atoms with Gasteiger partial charge in [-0.15, -0.1) is 0 Å². The second-order valence-corrected chi connectivity index (χ2v) is 8.11. The first-order valence-corrected chi connectivity index (χ1v) is 9.46. The van der Waals surface area contributed by atoms with Crippen molar-refractivity contribution in [2.45, 2.75) is 18.1 Å². The molecule has 134 valence electrons. The summed E-state index contributed by atoms with van der Waals surface area (Å²) < 4.78 is 0.898. The SMILES string of the molecule is O=C1C2C(c3ccc(Br)cc3)C(O)CN2C(=O)N1c1cc(Cl)cc(Cl)c1. The fourth-order valence-corrected chi connectivity index (χ4v) is 4.45. The number of anilines is 1. The first kappa shape index (κ1) is 17.8. The van der Waals surface area contributed by atoms with E-state index in [1.165, 1.54) is 23.1 Å². The zero-order chi connectivity index (χ0) is 18.6. The molecule has 0 aromatic heterocycles. The fraction of sp³-hybridized carbons (Fsp3) is 0.222. The molecule has 26 heavy (non-hydrogen) atoms. The van der Waals surface area contributed by atoms with Gasteiger partial charge < -0.3 is 10.0 Å². The molecular formula is C18H13BrCl2N2O3. The van der Waals surface area contributed by atoms with E-state index in [-0.39, 0.29) is 6.54 Å². The molecule has 0 spiro atoms. The first-order chi connectivity index (χ1) is 12.4. The van der Waals surface area contributed by atoms with Gasteiger partial charge in [0.1, 0.15) is 6.04 Å². The van der Waals surface area contributed by atoms with Crippen LogP contribution in [-0.4, -0.2) is 40.6 Å². The highest BCUT2D eigenvalue weighted by Crippen LogP contribution is 2.41. The number of carbonyl (C=O) groups excluding carboxylic acids is 2. The summed E-state index contributed by atoms with van der Waals surface area (Å²) in [5.74, 6) is -0.878. The molecular weight excluding hydrogens is 443 g/mol. The fourth-order valence-electron chi connectivity index (χ4n) is 3.67. The Morgan fingerprint density at radius 2 is 1.65 bits per heavy atom. The summed E-state index contributed by atoms with van der Waals surface area (Å²) in [6.45, 7) is 0.0980. The number of fused-ring (bicyclic) bond motifs is 1. The molecule has 2 aliphatic heterocycles. The van der Waals surface area contributed by atoms with E-state index in [9.17, 15) is 14.7 Å². The van der Waals surface area contributed by atoms with Gasteiger partial charge in [0, 0.05) is 27.0 Å². The summed E-state index contributed by atoms with van der Waals surface area (Å²) in [6, 6.07) is 10.7. The maximum absolute atomic E-state index is 13.1. The average Bonchev–Trinajstić information content (AvgIpc) is 3.02. The Hall–Kier alpha value is -1.60. The van der Waals surface area contributed by atoms with Crippen LogP contribution in [0.1, 0.15) is 11.5 Å². The molecule has 3 unspecified atom stereocenters. The van der Waals surface area contributed by atoms with Gasteiger partial charge in [-0.2, -0.15) is 0 Å². The van der Waals surface area contributed by atoms with E-state index in [1.807, 2.05) is 24.3 Å². The molecule has 2 heterocycles. The summed E-state index contributed by atoms with van der Waals surface area (Å²) in [5, 5.41) is 11.2. The Labute approximate surface area is 168 Å². The molecule has 0 bridgehead atoms. The highest BCUT2D eigenvalue weighted by molar-refractivity contribution is 9.10. The molecule has 0 aliphatic carbocycles. The highest BCUT2D eigenvalue weighted by atomic mass is 79.9. The number of rotatable bonds is 2. The van der Waals surface area contributed by atoms with Crippen molar-refractivity contribution in [1.82, 2.24) is 4.90 Å². The smallest absolute Gasteiger partial charge is 0.332 e. The van der Waals surface area contributed by atoms with E-state index in [2.05, 4.69) is 15.9 Å². The van der Waals surface area contributed by atoms with Crippen molar-refractivity contribution in [2.75, 3.05) is 11.4 Å². The highest BCUT2D eigenvalue weighted by Gasteiger charge is 2.56. The van der Waals surface area contributed by atoms with Gasteiger partial charge in [0.15, 0.2) is 0 Å². The van der Waals surface area contributed by atoms with E-state index in [4.69, 9.17) is 23.2 Å². The van der Waals surface area contributed by atoms with E-state index in [0.717, 1.165) is 14.9 Å². The van der Waals surface area contributed by atoms with Crippen LogP contribution >= 0.6 is 39.1 Å². The van der Waals surface area contributed by atoms with Crippen molar-refractivity contribution >= 4 is 56.8 Å². The lowest BCUT2D eigenvalue weighted by molar-refractivity contribution is -0.119. The van der Waals surface area contributed by atoms with Crippen LogP contribution in [-0.2, 0) is 4.79 Å². The predicted molar refractivity (Wildman–Crippen MR) is 103 cm³/mol. The summed E-state index contributed by atoms with van der Waals surface area (Å²) in [7, 11) is 0. The minimum Gasteiger partial charge on any atom is -0.391 e. The molecule has 3 atom stereocenters. The van der Waals surface area contributed by atoms with Gasteiger partial charge in [0.2, 0.25) is 0 Å². The van der Waals surface area contributed by atoms with Gasteiger partial charge in [0.05, 0.1) is 11.8 Å². The van der Waals surface area contributed by atoms with Crippen LogP contribution < -0.4 is 4.90 Å². The average molecular weight is 456 g/mol. The second kappa shape index (κ2) is 6.53. The van der Waals surface area contributed by atoms with Crippen molar-refractivity contribution < 1.29 is 14.7 Å². The van der Waals surface area contributed by atoms with Gasteiger partial charge in [-0.25, -0.2) is 9.69 Å². The number of benzene rings is 2. The minimum absolute atomic E-state index is 0.0980. The first-order valence-electron chi connectivity index (χ1n) is 7.91. The number of halogens is 3. The summed E-state index contributed by atoms with van der Waals surface area (Å²) >= 11 is 15.4. The molecule has 8 heteroatoms. The van der Waals surface area contributed by atoms with Gasteiger partial charge >= 0.3 is 6.03 Å². The molecule has 5 nitrogen and oxygen atoms in total. The third-order valence-electron chi connectivity index (χ3n) is 4.75. The topological polar surface area (TPSA) is 60.9 Å². The summed E-state index contributed by atoms with van der Waals surface area (Å²) in [4.78, 5) is 28.4. The molecule has 2 aromatic rings. The second-order valence-electron chi connectivity index (χ2n) is 6.33. The Morgan fingerprint density at radius 3 is 2.27 bits per heavy atom. The maximum atomic E-state index is 13.1. The number of hydrogen-bond donors (Lipinski definition) is 1. The van der Waals surface area contributed by atoms with Crippen molar-refractivity contribution in [2.24, 2.45) is 0 Å². The van der Waals surface area contributed by atoms with Gasteiger partial charge in [-0.3, -0.25) is 4.79 Å². The largest absolute Gasteiger partial charge is 0.391 e.